The third-order valence-electron chi connectivity index (χ3n) is 3.20. The van der Waals surface area contributed by atoms with Gasteiger partial charge in [-0.3, -0.25) is 0 Å². The summed E-state index contributed by atoms with van der Waals surface area (Å²) in [5, 5.41) is 0. The Morgan fingerprint density at radius 1 is 1.35 bits per heavy atom. The molecule has 1 aliphatic rings. The van der Waals surface area contributed by atoms with Crippen molar-refractivity contribution in [2.75, 3.05) is 23.9 Å². The Morgan fingerprint density at radius 3 is 2.60 bits per heavy atom. The highest BCUT2D eigenvalue weighted by molar-refractivity contribution is 6.18. The molecule has 1 aromatic rings. The highest BCUT2D eigenvalue weighted by atomic mass is 35.5. The summed E-state index contributed by atoms with van der Waals surface area (Å²) in [6, 6.07) is 5.61. The summed E-state index contributed by atoms with van der Waals surface area (Å²) >= 11 is 5.82. The molecule has 1 heterocycles. The maximum absolute atomic E-state index is 13.1. The number of anilines is 1. The average Bonchev–Trinajstić information content (AvgIpc) is 2.35. The van der Waals surface area contributed by atoms with E-state index in [2.05, 4.69) is 0 Å². The van der Waals surface area contributed by atoms with Gasteiger partial charge in [0.05, 0.1) is 23.1 Å². The fraction of sp³-hybridized carbons (Fsp3) is 0.571. The van der Waals surface area contributed by atoms with E-state index < -0.39 is 17.3 Å². The van der Waals surface area contributed by atoms with Crippen molar-refractivity contribution in [3.63, 3.8) is 0 Å². The molecule has 0 aromatic heterocycles. The van der Waals surface area contributed by atoms with E-state index in [0.29, 0.717) is 13.1 Å². The maximum Gasteiger partial charge on any atom is 0.418 e. The van der Waals surface area contributed by atoms with Crippen LogP contribution in [0.15, 0.2) is 24.3 Å². The van der Waals surface area contributed by atoms with E-state index in [-0.39, 0.29) is 17.7 Å². The first kappa shape index (κ1) is 15.4. The van der Waals surface area contributed by atoms with Crippen molar-refractivity contribution in [1.29, 1.82) is 0 Å². The van der Waals surface area contributed by atoms with E-state index in [1.807, 2.05) is 13.8 Å². The number of hydrogen-bond donors (Lipinski definition) is 0. The zero-order valence-electron chi connectivity index (χ0n) is 11.4. The maximum atomic E-state index is 13.1. The lowest BCUT2D eigenvalue weighted by atomic mass is 10.0. The van der Waals surface area contributed by atoms with Gasteiger partial charge < -0.3 is 9.64 Å². The fourth-order valence-corrected chi connectivity index (χ4v) is 2.71. The summed E-state index contributed by atoms with van der Waals surface area (Å²) in [6.07, 6.45) is -4.64. The van der Waals surface area contributed by atoms with Gasteiger partial charge >= 0.3 is 6.18 Å². The first-order valence-electron chi connectivity index (χ1n) is 6.38. The molecule has 112 valence electrons. The molecule has 6 heteroatoms. The van der Waals surface area contributed by atoms with Crippen molar-refractivity contribution in [1.82, 2.24) is 0 Å². The summed E-state index contributed by atoms with van der Waals surface area (Å²) in [5.74, 6) is 0.258. The third-order valence-corrected chi connectivity index (χ3v) is 3.55. The molecule has 1 unspecified atom stereocenters. The van der Waals surface area contributed by atoms with Crippen LogP contribution in [0.1, 0.15) is 19.4 Å². The first-order valence-corrected chi connectivity index (χ1v) is 6.91. The average molecular weight is 308 g/mol. The molecular formula is C14H17ClF3NO. The summed E-state index contributed by atoms with van der Waals surface area (Å²) in [7, 11) is 0. The number of alkyl halides is 4. The molecule has 0 spiro atoms. The Morgan fingerprint density at radius 2 is 2.00 bits per heavy atom. The number of para-hydroxylation sites is 1. The van der Waals surface area contributed by atoms with E-state index in [4.69, 9.17) is 16.3 Å². The lowest BCUT2D eigenvalue weighted by molar-refractivity contribution is -0.137. The number of halogens is 4. The molecule has 1 saturated heterocycles. The van der Waals surface area contributed by atoms with Gasteiger partial charge in [0.15, 0.2) is 0 Å². The van der Waals surface area contributed by atoms with Crippen LogP contribution in [-0.2, 0) is 10.9 Å². The standard InChI is InChI=1S/C14H17ClF3NO/c1-13(2)9-19(8-10(7-15)20-13)12-6-4-3-5-11(12)14(16,17)18/h3-6,10H,7-9H2,1-2H3. The van der Waals surface area contributed by atoms with Crippen LogP contribution in [0.3, 0.4) is 0 Å². The molecule has 0 amide bonds. The van der Waals surface area contributed by atoms with E-state index in [1.165, 1.54) is 12.1 Å². The minimum absolute atomic E-state index is 0.187. The molecule has 0 bridgehead atoms. The van der Waals surface area contributed by atoms with Crippen molar-refractivity contribution < 1.29 is 17.9 Å². The van der Waals surface area contributed by atoms with Gasteiger partial charge in [-0.25, -0.2) is 0 Å². The number of nitrogens with zero attached hydrogens (tertiary/aromatic N) is 1. The van der Waals surface area contributed by atoms with Crippen molar-refractivity contribution in [2.45, 2.75) is 31.7 Å². The minimum atomic E-state index is -4.37. The van der Waals surface area contributed by atoms with Gasteiger partial charge in [-0.1, -0.05) is 12.1 Å². The van der Waals surface area contributed by atoms with Crippen LogP contribution >= 0.6 is 11.6 Å². The lowest BCUT2D eigenvalue weighted by Gasteiger charge is -2.44. The van der Waals surface area contributed by atoms with Crippen LogP contribution in [-0.4, -0.2) is 30.7 Å². The van der Waals surface area contributed by atoms with Gasteiger partial charge in [-0.2, -0.15) is 13.2 Å². The number of ether oxygens (including phenoxy) is 1. The number of morpholine rings is 1. The van der Waals surface area contributed by atoms with Crippen LogP contribution in [0.2, 0.25) is 0 Å². The second-order valence-electron chi connectivity index (χ2n) is 5.55. The van der Waals surface area contributed by atoms with Gasteiger partial charge in [0.1, 0.15) is 0 Å². The number of hydrogen-bond acceptors (Lipinski definition) is 2. The fourth-order valence-electron chi connectivity index (χ4n) is 2.55. The summed E-state index contributed by atoms with van der Waals surface area (Å²) in [5.41, 5.74) is -0.964. The molecule has 1 atom stereocenters. The van der Waals surface area contributed by atoms with Gasteiger partial charge in [-0.15, -0.1) is 11.6 Å². The molecule has 0 N–H and O–H groups in total. The van der Waals surface area contributed by atoms with E-state index in [1.54, 1.807) is 11.0 Å². The molecule has 0 radical (unpaired) electrons. The molecule has 1 aliphatic heterocycles. The molecular weight excluding hydrogens is 291 g/mol. The smallest absolute Gasteiger partial charge is 0.367 e. The van der Waals surface area contributed by atoms with Crippen LogP contribution in [0.5, 0.6) is 0 Å². The van der Waals surface area contributed by atoms with Crippen LogP contribution < -0.4 is 4.90 Å². The van der Waals surface area contributed by atoms with Crippen LogP contribution in [0.25, 0.3) is 0 Å². The van der Waals surface area contributed by atoms with Crippen molar-refractivity contribution >= 4 is 17.3 Å². The Kier molecular flexibility index (Phi) is 4.21. The number of rotatable bonds is 2. The predicted octanol–water partition coefficient (Wildman–Crippen LogP) is 3.93. The zero-order valence-corrected chi connectivity index (χ0v) is 12.1. The molecule has 20 heavy (non-hydrogen) atoms. The first-order chi connectivity index (χ1) is 9.23. The largest absolute Gasteiger partial charge is 0.418 e. The minimum Gasteiger partial charge on any atom is -0.367 e. The molecule has 0 saturated carbocycles. The van der Waals surface area contributed by atoms with E-state index in [0.717, 1.165) is 6.07 Å². The Hall–Kier alpha value is -0.940. The van der Waals surface area contributed by atoms with Gasteiger partial charge in [0, 0.05) is 18.8 Å². The zero-order chi connectivity index (χ0) is 15.0. The Labute approximate surface area is 121 Å². The monoisotopic (exact) mass is 307 g/mol. The van der Waals surface area contributed by atoms with Crippen LogP contribution in [0, 0.1) is 0 Å². The third kappa shape index (κ3) is 3.38. The van der Waals surface area contributed by atoms with Crippen molar-refractivity contribution in [3.05, 3.63) is 29.8 Å². The highest BCUT2D eigenvalue weighted by Crippen LogP contribution is 2.38. The molecule has 1 fully saturated rings. The topological polar surface area (TPSA) is 12.5 Å². The summed E-state index contributed by atoms with van der Waals surface area (Å²) in [4.78, 5) is 1.71. The van der Waals surface area contributed by atoms with E-state index in [9.17, 15) is 13.2 Å². The second kappa shape index (κ2) is 5.45. The van der Waals surface area contributed by atoms with Crippen LogP contribution in [0.4, 0.5) is 18.9 Å². The highest BCUT2D eigenvalue weighted by Gasteiger charge is 2.38. The Balaban J connectivity index is 2.36. The molecule has 0 aliphatic carbocycles. The van der Waals surface area contributed by atoms with Gasteiger partial charge in [-0.05, 0) is 26.0 Å². The molecule has 1 aromatic carbocycles. The second-order valence-corrected chi connectivity index (χ2v) is 5.86. The summed E-state index contributed by atoms with van der Waals surface area (Å²) in [6.45, 7) is 4.47. The Bertz CT molecular complexity index is 476. The molecule has 2 nitrogen and oxygen atoms in total. The van der Waals surface area contributed by atoms with Gasteiger partial charge in [0.25, 0.3) is 0 Å². The number of benzene rings is 1. The predicted molar refractivity (Wildman–Crippen MR) is 73.3 cm³/mol. The SMILES string of the molecule is CC1(C)CN(c2ccccc2C(F)(F)F)CC(CCl)O1. The quantitative estimate of drug-likeness (QED) is 0.768. The van der Waals surface area contributed by atoms with Gasteiger partial charge in [0.2, 0.25) is 0 Å². The van der Waals surface area contributed by atoms with Crippen molar-refractivity contribution in [2.24, 2.45) is 0 Å². The van der Waals surface area contributed by atoms with Crippen molar-refractivity contribution in [3.8, 4) is 0 Å². The lowest BCUT2D eigenvalue weighted by Crippen LogP contribution is -2.53. The van der Waals surface area contributed by atoms with E-state index >= 15 is 0 Å². The normalized spacial score (nSPS) is 22.9. The summed E-state index contributed by atoms with van der Waals surface area (Å²) < 4.78 is 45.0. The molecule has 2 rings (SSSR count).